The molecule has 118 valence electrons. The third-order valence-electron chi connectivity index (χ3n) is 4.07. The lowest BCUT2D eigenvalue weighted by Gasteiger charge is -2.31. The van der Waals surface area contributed by atoms with E-state index in [9.17, 15) is 21.6 Å². The molecule has 0 spiro atoms. The van der Waals surface area contributed by atoms with Crippen molar-refractivity contribution in [3.63, 3.8) is 0 Å². The van der Waals surface area contributed by atoms with Crippen LogP contribution in [0.3, 0.4) is 0 Å². The van der Waals surface area contributed by atoms with Gasteiger partial charge in [0.1, 0.15) is 0 Å². The largest absolute Gasteiger partial charge is 0.391 e. The summed E-state index contributed by atoms with van der Waals surface area (Å²) >= 11 is 0. The molecule has 0 radical (unpaired) electrons. The average Bonchev–Trinajstić information content (AvgIpc) is 2.38. The van der Waals surface area contributed by atoms with Crippen LogP contribution in [0.4, 0.5) is 13.2 Å². The average molecular weight is 315 g/mol. The molecular weight excluding hydrogens is 295 g/mol. The van der Waals surface area contributed by atoms with Crippen molar-refractivity contribution in [2.24, 2.45) is 5.92 Å². The van der Waals surface area contributed by atoms with Crippen molar-refractivity contribution in [1.82, 2.24) is 4.72 Å². The van der Waals surface area contributed by atoms with Crippen molar-refractivity contribution < 1.29 is 26.3 Å². The van der Waals surface area contributed by atoms with Gasteiger partial charge >= 0.3 is 6.18 Å². The predicted molar refractivity (Wildman–Crippen MR) is 67.7 cm³/mol. The molecule has 8 heteroatoms. The molecule has 20 heavy (non-hydrogen) atoms. The van der Waals surface area contributed by atoms with Crippen molar-refractivity contribution >= 4 is 10.0 Å². The molecule has 1 atom stereocenters. The molecule has 1 aliphatic carbocycles. The molecule has 1 aliphatic heterocycles. The molecule has 1 saturated carbocycles. The Balaban J connectivity index is 1.88. The Morgan fingerprint density at radius 3 is 2.20 bits per heavy atom. The molecule has 1 saturated heterocycles. The number of nitrogens with one attached hydrogen (secondary N) is 1. The quantitative estimate of drug-likeness (QED) is 0.869. The molecule has 0 amide bonds. The summed E-state index contributed by atoms with van der Waals surface area (Å²) < 4.78 is 69.8. The van der Waals surface area contributed by atoms with Gasteiger partial charge in [0.25, 0.3) is 0 Å². The summed E-state index contributed by atoms with van der Waals surface area (Å²) in [6.45, 7) is 0.978. The highest BCUT2D eigenvalue weighted by Gasteiger charge is 2.43. The second kappa shape index (κ2) is 6.19. The van der Waals surface area contributed by atoms with Crippen LogP contribution in [0.5, 0.6) is 0 Å². The molecule has 4 nitrogen and oxygen atoms in total. The highest BCUT2D eigenvalue weighted by molar-refractivity contribution is 7.90. The van der Waals surface area contributed by atoms with E-state index < -0.39 is 27.4 Å². The van der Waals surface area contributed by atoms with Gasteiger partial charge in [0, 0.05) is 12.6 Å². The van der Waals surface area contributed by atoms with Crippen molar-refractivity contribution in [1.29, 1.82) is 0 Å². The van der Waals surface area contributed by atoms with Crippen LogP contribution in [0.1, 0.15) is 38.5 Å². The minimum atomic E-state index is -4.21. The Morgan fingerprint density at radius 2 is 1.70 bits per heavy atom. The molecular formula is C12H20F3NO3S. The van der Waals surface area contributed by atoms with E-state index in [0.717, 1.165) is 12.8 Å². The van der Waals surface area contributed by atoms with E-state index in [-0.39, 0.29) is 31.7 Å². The number of alkyl halides is 3. The second-order valence-electron chi connectivity index (χ2n) is 5.59. The molecule has 0 bridgehead atoms. The maximum atomic E-state index is 12.6. The highest BCUT2D eigenvalue weighted by atomic mass is 32.2. The first-order valence-electron chi connectivity index (χ1n) is 6.94. The normalized spacial score (nSPS) is 33.0. The molecule has 2 aliphatic rings. The Kier molecular flexibility index (Phi) is 4.96. The van der Waals surface area contributed by atoms with Crippen molar-refractivity contribution in [2.45, 2.75) is 56.0 Å². The number of halogens is 3. The maximum Gasteiger partial charge on any atom is 0.391 e. The van der Waals surface area contributed by atoms with E-state index in [1.54, 1.807) is 0 Å². The van der Waals surface area contributed by atoms with Gasteiger partial charge in [-0.15, -0.1) is 0 Å². The summed E-state index contributed by atoms with van der Waals surface area (Å²) in [4.78, 5) is 0. The third-order valence-corrected chi connectivity index (χ3v) is 6.08. The van der Waals surface area contributed by atoms with Gasteiger partial charge in [0.2, 0.25) is 10.0 Å². The Bertz CT molecular complexity index is 410. The Hall–Kier alpha value is -0.340. The summed E-state index contributed by atoms with van der Waals surface area (Å²) in [5.41, 5.74) is 0. The van der Waals surface area contributed by atoms with E-state index in [4.69, 9.17) is 4.74 Å². The topological polar surface area (TPSA) is 55.4 Å². The van der Waals surface area contributed by atoms with Crippen LogP contribution in [0.15, 0.2) is 0 Å². The maximum absolute atomic E-state index is 12.6. The zero-order valence-electron chi connectivity index (χ0n) is 11.2. The van der Waals surface area contributed by atoms with Crippen LogP contribution < -0.4 is 4.72 Å². The van der Waals surface area contributed by atoms with Gasteiger partial charge in [0.05, 0.1) is 17.8 Å². The lowest BCUT2D eigenvalue weighted by Crippen LogP contribution is -2.46. The summed E-state index contributed by atoms with van der Waals surface area (Å²) in [6.07, 6.45) is -2.74. The molecule has 2 fully saturated rings. The van der Waals surface area contributed by atoms with Gasteiger partial charge in [-0.3, -0.25) is 0 Å². The predicted octanol–water partition coefficient (Wildman–Crippen LogP) is 2.21. The first kappa shape index (κ1) is 16.0. The fourth-order valence-electron chi connectivity index (χ4n) is 2.86. The molecule has 2 rings (SSSR count). The smallest absolute Gasteiger partial charge is 0.380 e. The molecule has 1 N–H and O–H groups in total. The molecule has 0 aromatic rings. The summed E-state index contributed by atoms with van der Waals surface area (Å²) in [5.74, 6) is -1.35. The monoisotopic (exact) mass is 315 g/mol. The van der Waals surface area contributed by atoms with E-state index in [2.05, 4.69) is 4.72 Å². The highest BCUT2D eigenvalue weighted by Crippen LogP contribution is 2.39. The van der Waals surface area contributed by atoms with Gasteiger partial charge < -0.3 is 4.74 Å². The standard InChI is InChI=1S/C12H20F3NO3S/c13-12(14,15)9-3-5-11(6-4-9)20(17,18)16-10-2-1-7-19-8-10/h9-11,16H,1-8H2/t9?,10-,11?/m0/s1. The van der Waals surface area contributed by atoms with Crippen LogP contribution in [-0.2, 0) is 14.8 Å². The van der Waals surface area contributed by atoms with Gasteiger partial charge in [-0.25, -0.2) is 13.1 Å². The second-order valence-corrected chi connectivity index (χ2v) is 7.58. The van der Waals surface area contributed by atoms with Gasteiger partial charge in [-0.2, -0.15) is 13.2 Å². The summed E-state index contributed by atoms with van der Waals surface area (Å²) in [5, 5.41) is -0.706. The number of ether oxygens (including phenoxy) is 1. The minimum Gasteiger partial charge on any atom is -0.380 e. The fourth-order valence-corrected chi connectivity index (χ4v) is 4.60. The van der Waals surface area contributed by atoms with Crippen LogP contribution in [0, 0.1) is 5.92 Å². The van der Waals surface area contributed by atoms with E-state index in [1.807, 2.05) is 0 Å². The Labute approximate surface area is 117 Å². The SMILES string of the molecule is O=S(=O)(N[C@H]1CCCOC1)C1CCC(C(F)(F)F)CC1. The fraction of sp³-hybridized carbons (Fsp3) is 1.00. The minimum absolute atomic E-state index is 0.0765. The third kappa shape index (κ3) is 4.08. The summed E-state index contributed by atoms with van der Waals surface area (Å²) in [6, 6.07) is -0.242. The van der Waals surface area contributed by atoms with Crippen LogP contribution in [0.25, 0.3) is 0 Å². The first-order valence-corrected chi connectivity index (χ1v) is 8.49. The van der Waals surface area contributed by atoms with Crippen molar-refractivity contribution in [2.75, 3.05) is 13.2 Å². The van der Waals surface area contributed by atoms with E-state index in [0.29, 0.717) is 13.2 Å². The van der Waals surface area contributed by atoms with Crippen molar-refractivity contribution in [3.8, 4) is 0 Å². The number of hydrogen-bond donors (Lipinski definition) is 1. The number of hydrogen-bond acceptors (Lipinski definition) is 3. The molecule has 1 heterocycles. The van der Waals surface area contributed by atoms with Crippen LogP contribution in [-0.4, -0.2) is 39.1 Å². The molecule has 0 aromatic heterocycles. The van der Waals surface area contributed by atoms with E-state index >= 15 is 0 Å². The van der Waals surface area contributed by atoms with Gasteiger partial charge in [0.15, 0.2) is 0 Å². The van der Waals surface area contributed by atoms with Crippen LogP contribution in [0.2, 0.25) is 0 Å². The first-order chi connectivity index (χ1) is 9.29. The zero-order chi connectivity index (χ0) is 14.8. The van der Waals surface area contributed by atoms with E-state index in [1.165, 1.54) is 0 Å². The van der Waals surface area contributed by atoms with Crippen LogP contribution >= 0.6 is 0 Å². The van der Waals surface area contributed by atoms with Crippen molar-refractivity contribution in [3.05, 3.63) is 0 Å². The zero-order valence-corrected chi connectivity index (χ0v) is 12.0. The van der Waals surface area contributed by atoms with Gasteiger partial charge in [-0.05, 0) is 38.5 Å². The lowest BCUT2D eigenvalue weighted by molar-refractivity contribution is -0.181. The molecule has 0 unspecified atom stereocenters. The summed E-state index contributed by atoms with van der Waals surface area (Å²) in [7, 11) is -3.55. The lowest BCUT2D eigenvalue weighted by atomic mass is 9.88. The Morgan fingerprint density at radius 1 is 1.05 bits per heavy atom. The number of sulfonamides is 1. The molecule has 0 aromatic carbocycles. The van der Waals surface area contributed by atoms with Gasteiger partial charge in [-0.1, -0.05) is 0 Å². The number of rotatable bonds is 3.